The van der Waals surface area contributed by atoms with Gasteiger partial charge in [0.05, 0.1) is 17.9 Å². The molecule has 1 unspecified atom stereocenters. The van der Waals surface area contributed by atoms with Crippen molar-refractivity contribution in [1.82, 2.24) is 4.98 Å². The number of carbonyl (C=O) groups excluding carboxylic acids is 1. The first-order valence-electron chi connectivity index (χ1n) is 11.7. The number of benzene rings is 2. The van der Waals surface area contributed by atoms with Crippen LogP contribution in [0.1, 0.15) is 38.2 Å². The Labute approximate surface area is 210 Å². The number of thioether (sulfide) groups is 1. The van der Waals surface area contributed by atoms with E-state index in [9.17, 15) is 15.3 Å². The minimum atomic E-state index is -0.575. The van der Waals surface area contributed by atoms with Gasteiger partial charge in [-0.2, -0.15) is 10.5 Å². The van der Waals surface area contributed by atoms with E-state index < -0.39 is 5.97 Å². The fourth-order valence-corrected chi connectivity index (χ4v) is 5.66. The van der Waals surface area contributed by atoms with Gasteiger partial charge in [0, 0.05) is 16.4 Å². The van der Waals surface area contributed by atoms with E-state index in [1.807, 2.05) is 66.7 Å². The number of ether oxygens (including phenoxy) is 1. The van der Waals surface area contributed by atoms with Crippen molar-refractivity contribution >= 4 is 17.7 Å². The minimum Gasteiger partial charge on any atom is -0.462 e. The van der Waals surface area contributed by atoms with E-state index >= 15 is 0 Å². The average molecular weight is 480 g/mol. The second-order valence-electron chi connectivity index (χ2n) is 8.16. The quantitative estimate of drug-likeness (QED) is 0.222. The lowest BCUT2D eigenvalue weighted by Gasteiger charge is -2.26. The lowest BCUT2D eigenvalue weighted by atomic mass is 9.91. The molecular weight excluding hydrogens is 454 g/mol. The highest BCUT2D eigenvalue weighted by Crippen LogP contribution is 2.42. The van der Waals surface area contributed by atoms with E-state index in [0.717, 1.165) is 47.2 Å². The van der Waals surface area contributed by atoms with Gasteiger partial charge in [-0.3, -0.25) is 0 Å². The third-order valence-electron chi connectivity index (χ3n) is 5.97. The Bertz CT molecular complexity index is 1320. The molecule has 5 nitrogen and oxygen atoms in total. The van der Waals surface area contributed by atoms with Gasteiger partial charge in [-0.25, -0.2) is 9.78 Å². The molecule has 174 valence electrons. The SMILES string of the molecule is CCOC(=O)C(C#N)=C1CCCCC1Sc1nc(-c2ccccc2)cc(-c2ccccc2)c1C#N. The van der Waals surface area contributed by atoms with Crippen LogP contribution in [0.2, 0.25) is 0 Å². The maximum absolute atomic E-state index is 12.5. The molecule has 0 N–H and O–H groups in total. The first-order valence-corrected chi connectivity index (χ1v) is 12.6. The molecule has 1 aromatic heterocycles. The average Bonchev–Trinajstić information content (AvgIpc) is 2.91. The molecule has 0 saturated heterocycles. The zero-order valence-electron chi connectivity index (χ0n) is 19.5. The zero-order valence-corrected chi connectivity index (χ0v) is 20.3. The van der Waals surface area contributed by atoms with E-state index in [0.29, 0.717) is 17.0 Å². The Kier molecular flexibility index (Phi) is 7.98. The number of hydrogen-bond donors (Lipinski definition) is 0. The summed E-state index contributed by atoms with van der Waals surface area (Å²) in [5.74, 6) is -0.575. The molecule has 0 aliphatic heterocycles. The van der Waals surface area contributed by atoms with Crippen LogP contribution in [0.15, 0.2) is 82.9 Å². The van der Waals surface area contributed by atoms with Gasteiger partial charge in [-0.1, -0.05) is 78.8 Å². The van der Waals surface area contributed by atoms with E-state index in [-0.39, 0.29) is 17.4 Å². The highest BCUT2D eigenvalue weighted by Gasteiger charge is 2.29. The van der Waals surface area contributed by atoms with Crippen LogP contribution in [0.5, 0.6) is 0 Å². The van der Waals surface area contributed by atoms with Crippen LogP contribution in [-0.2, 0) is 9.53 Å². The molecule has 35 heavy (non-hydrogen) atoms. The van der Waals surface area contributed by atoms with Crippen LogP contribution < -0.4 is 0 Å². The van der Waals surface area contributed by atoms with E-state index in [1.165, 1.54) is 11.8 Å². The molecule has 0 amide bonds. The largest absolute Gasteiger partial charge is 0.462 e. The first kappa shape index (κ1) is 24.3. The third-order valence-corrected chi connectivity index (χ3v) is 7.29. The zero-order chi connectivity index (χ0) is 24.6. The van der Waals surface area contributed by atoms with E-state index in [2.05, 4.69) is 12.1 Å². The Balaban J connectivity index is 1.85. The molecule has 3 aromatic rings. The van der Waals surface area contributed by atoms with Gasteiger partial charge in [0.15, 0.2) is 0 Å². The number of nitriles is 2. The van der Waals surface area contributed by atoms with E-state index in [4.69, 9.17) is 9.72 Å². The predicted octanol–water partition coefficient (Wildman–Crippen LogP) is 6.71. The summed E-state index contributed by atoms with van der Waals surface area (Å²) in [5, 5.41) is 20.4. The first-order chi connectivity index (χ1) is 17.2. The lowest BCUT2D eigenvalue weighted by Crippen LogP contribution is -2.19. The van der Waals surface area contributed by atoms with Crippen molar-refractivity contribution in [1.29, 1.82) is 10.5 Å². The van der Waals surface area contributed by atoms with Crippen molar-refractivity contribution in [2.45, 2.75) is 42.9 Å². The fraction of sp³-hybridized carbons (Fsp3) is 0.241. The van der Waals surface area contributed by atoms with Gasteiger partial charge in [-0.15, -0.1) is 0 Å². The summed E-state index contributed by atoms with van der Waals surface area (Å²) in [4.78, 5) is 17.4. The molecule has 1 atom stereocenters. The fourth-order valence-electron chi connectivity index (χ4n) is 4.30. The number of rotatable bonds is 6. The second-order valence-corrected chi connectivity index (χ2v) is 9.36. The monoisotopic (exact) mass is 479 g/mol. The molecule has 1 heterocycles. The Morgan fingerprint density at radius 1 is 1.06 bits per heavy atom. The molecule has 1 saturated carbocycles. The summed E-state index contributed by atoms with van der Waals surface area (Å²) in [7, 11) is 0. The van der Waals surface area contributed by atoms with E-state index in [1.54, 1.807) is 6.92 Å². The topological polar surface area (TPSA) is 86.8 Å². The molecule has 1 aliphatic rings. The molecule has 0 radical (unpaired) electrons. The number of pyridine rings is 1. The molecule has 2 aromatic carbocycles. The summed E-state index contributed by atoms with van der Waals surface area (Å²) in [6.07, 6.45) is 3.35. The minimum absolute atomic E-state index is 0.0880. The molecule has 4 rings (SSSR count). The summed E-state index contributed by atoms with van der Waals surface area (Å²) < 4.78 is 5.15. The van der Waals surface area contributed by atoms with Crippen molar-refractivity contribution < 1.29 is 9.53 Å². The predicted molar refractivity (Wildman–Crippen MR) is 137 cm³/mol. The second kappa shape index (κ2) is 11.5. The normalized spacial score (nSPS) is 16.6. The van der Waals surface area contributed by atoms with Crippen LogP contribution in [0.4, 0.5) is 0 Å². The molecule has 1 fully saturated rings. The maximum atomic E-state index is 12.5. The standard InChI is InChI=1S/C29H25N3O2S/c1-2-34-29(33)25(19-31)22-15-9-10-16-27(22)35-28-24(18-30)23(20-11-5-3-6-12-20)17-26(32-28)21-13-7-4-8-14-21/h3-8,11-14,17,27H,2,9-10,15-16H2,1H3. The van der Waals surface area contributed by atoms with Gasteiger partial charge in [0.25, 0.3) is 0 Å². The summed E-state index contributed by atoms with van der Waals surface area (Å²) in [6.45, 7) is 1.95. The highest BCUT2D eigenvalue weighted by molar-refractivity contribution is 8.00. The van der Waals surface area contributed by atoms with Crippen molar-refractivity contribution in [2.75, 3.05) is 6.61 Å². The number of nitrogens with zero attached hydrogens (tertiary/aromatic N) is 3. The maximum Gasteiger partial charge on any atom is 0.348 e. The van der Waals surface area contributed by atoms with Crippen molar-refractivity contribution in [3.05, 3.63) is 83.4 Å². The van der Waals surface area contributed by atoms with Crippen LogP contribution in [-0.4, -0.2) is 22.8 Å². The number of aromatic nitrogens is 1. The summed E-state index contributed by atoms with van der Waals surface area (Å²) >= 11 is 1.47. The van der Waals surface area contributed by atoms with Crippen LogP contribution >= 0.6 is 11.8 Å². The van der Waals surface area contributed by atoms with Gasteiger partial charge >= 0.3 is 5.97 Å². The number of esters is 1. The molecule has 1 aliphatic carbocycles. The third kappa shape index (κ3) is 5.45. The number of hydrogen-bond acceptors (Lipinski definition) is 6. The van der Waals surface area contributed by atoms with Crippen LogP contribution in [0.3, 0.4) is 0 Å². The van der Waals surface area contributed by atoms with Crippen LogP contribution in [0, 0.1) is 22.7 Å². The number of carbonyl (C=O) groups is 1. The molecule has 0 bridgehead atoms. The Morgan fingerprint density at radius 3 is 2.37 bits per heavy atom. The molecule has 6 heteroatoms. The van der Waals surface area contributed by atoms with Gasteiger partial charge in [0.1, 0.15) is 22.7 Å². The van der Waals surface area contributed by atoms with Gasteiger partial charge in [-0.05, 0) is 43.4 Å². The summed E-state index contributed by atoms with van der Waals surface area (Å²) in [5.41, 5.74) is 4.87. The van der Waals surface area contributed by atoms with Crippen LogP contribution in [0.25, 0.3) is 22.4 Å². The van der Waals surface area contributed by atoms with Gasteiger partial charge < -0.3 is 4.74 Å². The lowest BCUT2D eigenvalue weighted by molar-refractivity contribution is -0.138. The van der Waals surface area contributed by atoms with Crippen molar-refractivity contribution in [2.24, 2.45) is 0 Å². The van der Waals surface area contributed by atoms with Crippen molar-refractivity contribution in [3.63, 3.8) is 0 Å². The molecule has 0 spiro atoms. The Morgan fingerprint density at radius 2 is 1.74 bits per heavy atom. The van der Waals surface area contributed by atoms with Crippen molar-refractivity contribution in [3.8, 4) is 34.5 Å². The smallest absolute Gasteiger partial charge is 0.348 e. The molecular formula is C29H25N3O2S. The summed E-state index contributed by atoms with van der Waals surface area (Å²) in [6, 6.07) is 26.1. The Hall–Kier alpha value is -3.87. The highest BCUT2D eigenvalue weighted by atomic mass is 32.2. The van der Waals surface area contributed by atoms with Gasteiger partial charge in [0.2, 0.25) is 0 Å².